The second kappa shape index (κ2) is 9.48. The van der Waals surface area contributed by atoms with Crippen LogP contribution < -0.4 is 14.8 Å². The Hall–Kier alpha value is -3.28. The highest BCUT2D eigenvalue weighted by atomic mass is 16.5. The van der Waals surface area contributed by atoms with Gasteiger partial charge in [-0.05, 0) is 42.2 Å². The molecular formula is C24H28N2O4. The Balaban J connectivity index is 1.89. The Kier molecular flexibility index (Phi) is 6.77. The molecule has 0 atom stereocenters. The minimum absolute atomic E-state index is 0.256. The van der Waals surface area contributed by atoms with Gasteiger partial charge in [0.1, 0.15) is 17.2 Å². The van der Waals surface area contributed by atoms with Crippen molar-refractivity contribution in [3.8, 4) is 11.5 Å². The average molecular weight is 408 g/mol. The molecule has 158 valence electrons. The first-order chi connectivity index (χ1) is 14.4. The van der Waals surface area contributed by atoms with Gasteiger partial charge in [0.2, 0.25) is 0 Å². The molecule has 30 heavy (non-hydrogen) atoms. The van der Waals surface area contributed by atoms with Crippen LogP contribution in [0, 0.1) is 5.92 Å². The van der Waals surface area contributed by atoms with Gasteiger partial charge in [-0.2, -0.15) is 0 Å². The minimum atomic E-state index is -0.366. The van der Waals surface area contributed by atoms with E-state index in [0.29, 0.717) is 41.7 Å². The third kappa shape index (κ3) is 4.82. The molecule has 0 aliphatic carbocycles. The highest BCUT2D eigenvalue weighted by Gasteiger charge is 2.36. The zero-order chi connectivity index (χ0) is 21.7. The Morgan fingerprint density at radius 2 is 1.70 bits per heavy atom. The molecule has 2 amide bonds. The molecule has 3 rings (SSSR count). The fourth-order valence-electron chi connectivity index (χ4n) is 3.03. The van der Waals surface area contributed by atoms with Crippen molar-refractivity contribution < 1.29 is 19.1 Å². The number of nitrogens with zero attached hydrogens (tertiary/aromatic N) is 1. The number of anilines is 1. The lowest BCUT2D eigenvalue weighted by Gasteiger charge is -2.11. The van der Waals surface area contributed by atoms with Crippen molar-refractivity contribution in [2.45, 2.75) is 27.2 Å². The van der Waals surface area contributed by atoms with Crippen molar-refractivity contribution in [3.63, 3.8) is 0 Å². The number of likely N-dealkylation sites (N-methyl/N-ethyl adjacent to an activating group) is 1. The molecule has 1 aliphatic heterocycles. The summed E-state index contributed by atoms with van der Waals surface area (Å²) in [5.41, 5.74) is 1.95. The molecule has 0 saturated carbocycles. The number of rotatable bonds is 9. The summed E-state index contributed by atoms with van der Waals surface area (Å²) in [6.07, 6.45) is 0.904. The standard InChI is InChI=1S/C24H28N2O4/c1-5-13-29-20-8-6-7-18(14-20)25-22-21(23(27)26(4)24(22)28)17-9-11-19(12-10-17)30-15-16(2)3/h6-12,14,16,25H,5,13,15H2,1-4H3. The van der Waals surface area contributed by atoms with E-state index >= 15 is 0 Å². The molecule has 0 bridgehead atoms. The maximum atomic E-state index is 12.8. The molecule has 2 aromatic rings. The lowest BCUT2D eigenvalue weighted by atomic mass is 10.0. The van der Waals surface area contributed by atoms with E-state index < -0.39 is 0 Å². The number of hydrogen-bond acceptors (Lipinski definition) is 5. The van der Waals surface area contributed by atoms with Crippen molar-refractivity contribution >= 4 is 23.1 Å². The zero-order valence-electron chi connectivity index (χ0n) is 17.9. The molecule has 0 fully saturated rings. The summed E-state index contributed by atoms with van der Waals surface area (Å²) >= 11 is 0. The smallest absolute Gasteiger partial charge is 0.277 e. The van der Waals surface area contributed by atoms with Crippen molar-refractivity contribution in [1.29, 1.82) is 0 Å². The first-order valence-corrected chi connectivity index (χ1v) is 10.2. The summed E-state index contributed by atoms with van der Waals surface area (Å²) in [5.74, 6) is 1.16. The van der Waals surface area contributed by atoms with E-state index in [1.807, 2.05) is 43.3 Å². The molecule has 6 heteroatoms. The van der Waals surface area contributed by atoms with Gasteiger partial charge in [-0.15, -0.1) is 0 Å². The van der Waals surface area contributed by atoms with Crippen LogP contribution in [0.3, 0.4) is 0 Å². The topological polar surface area (TPSA) is 67.9 Å². The quantitative estimate of drug-likeness (QED) is 0.626. The number of amides is 2. The first-order valence-electron chi connectivity index (χ1n) is 10.2. The number of benzene rings is 2. The van der Waals surface area contributed by atoms with Crippen LogP contribution >= 0.6 is 0 Å². The predicted molar refractivity (Wildman–Crippen MR) is 117 cm³/mol. The fourth-order valence-corrected chi connectivity index (χ4v) is 3.03. The number of nitrogens with one attached hydrogen (secondary N) is 1. The highest BCUT2D eigenvalue weighted by molar-refractivity contribution is 6.36. The van der Waals surface area contributed by atoms with Crippen molar-refractivity contribution in [2.75, 3.05) is 25.6 Å². The van der Waals surface area contributed by atoms with Gasteiger partial charge in [0.25, 0.3) is 11.8 Å². The van der Waals surface area contributed by atoms with E-state index in [1.165, 1.54) is 7.05 Å². The molecule has 1 heterocycles. The van der Waals surface area contributed by atoms with Crippen LogP contribution in [-0.2, 0) is 9.59 Å². The Morgan fingerprint density at radius 1 is 0.967 bits per heavy atom. The Bertz CT molecular complexity index is 948. The monoisotopic (exact) mass is 408 g/mol. The van der Waals surface area contributed by atoms with Crippen molar-refractivity contribution in [3.05, 3.63) is 59.8 Å². The molecule has 0 saturated heterocycles. The average Bonchev–Trinajstić information content (AvgIpc) is 2.95. The predicted octanol–water partition coefficient (Wildman–Crippen LogP) is 4.33. The zero-order valence-corrected chi connectivity index (χ0v) is 17.9. The third-order valence-corrected chi connectivity index (χ3v) is 4.59. The molecular weight excluding hydrogens is 380 g/mol. The third-order valence-electron chi connectivity index (χ3n) is 4.59. The first kappa shape index (κ1) is 21.4. The summed E-state index contributed by atoms with van der Waals surface area (Å²) in [7, 11) is 1.49. The van der Waals surface area contributed by atoms with E-state index in [0.717, 1.165) is 17.1 Å². The van der Waals surface area contributed by atoms with Crippen molar-refractivity contribution in [2.24, 2.45) is 5.92 Å². The molecule has 2 aromatic carbocycles. The van der Waals surface area contributed by atoms with Crippen LogP contribution in [0.5, 0.6) is 11.5 Å². The summed E-state index contributed by atoms with van der Waals surface area (Å²) < 4.78 is 11.4. The molecule has 1 N–H and O–H groups in total. The van der Waals surface area contributed by atoms with Gasteiger partial charge in [-0.1, -0.05) is 39.0 Å². The second-order valence-corrected chi connectivity index (χ2v) is 7.65. The molecule has 0 radical (unpaired) electrons. The normalized spacial score (nSPS) is 14.0. The SMILES string of the molecule is CCCOc1cccc(NC2=C(c3ccc(OCC(C)C)cc3)C(=O)N(C)C2=O)c1. The number of carbonyl (C=O) groups is 2. The Morgan fingerprint density at radius 3 is 2.37 bits per heavy atom. The maximum absolute atomic E-state index is 12.8. The summed E-state index contributed by atoms with van der Waals surface area (Å²) in [6, 6.07) is 14.6. The van der Waals surface area contributed by atoms with E-state index in [-0.39, 0.29) is 17.5 Å². The van der Waals surface area contributed by atoms with E-state index in [9.17, 15) is 9.59 Å². The number of imide groups is 1. The van der Waals surface area contributed by atoms with Crippen LogP contribution in [0.25, 0.3) is 5.57 Å². The lowest BCUT2D eigenvalue weighted by Crippen LogP contribution is -2.27. The number of ether oxygens (including phenoxy) is 2. The Labute approximate surface area is 177 Å². The molecule has 6 nitrogen and oxygen atoms in total. The van der Waals surface area contributed by atoms with Gasteiger partial charge >= 0.3 is 0 Å². The summed E-state index contributed by atoms with van der Waals surface area (Å²) in [5, 5.41) is 3.13. The van der Waals surface area contributed by atoms with Gasteiger partial charge in [0, 0.05) is 18.8 Å². The van der Waals surface area contributed by atoms with E-state index in [2.05, 4.69) is 19.2 Å². The lowest BCUT2D eigenvalue weighted by molar-refractivity contribution is -0.135. The van der Waals surface area contributed by atoms with E-state index in [1.54, 1.807) is 12.1 Å². The van der Waals surface area contributed by atoms with Crippen LogP contribution in [0.15, 0.2) is 54.2 Å². The van der Waals surface area contributed by atoms with Gasteiger partial charge in [0.15, 0.2) is 0 Å². The van der Waals surface area contributed by atoms with Crippen LogP contribution in [-0.4, -0.2) is 37.0 Å². The second-order valence-electron chi connectivity index (χ2n) is 7.65. The van der Waals surface area contributed by atoms with Gasteiger partial charge in [0.05, 0.1) is 18.8 Å². The highest BCUT2D eigenvalue weighted by Crippen LogP contribution is 2.31. The van der Waals surface area contributed by atoms with Gasteiger partial charge in [-0.25, -0.2) is 0 Å². The maximum Gasteiger partial charge on any atom is 0.277 e. The summed E-state index contributed by atoms with van der Waals surface area (Å²) in [4.78, 5) is 26.6. The van der Waals surface area contributed by atoms with Crippen LogP contribution in [0.4, 0.5) is 5.69 Å². The van der Waals surface area contributed by atoms with Gasteiger partial charge in [-0.3, -0.25) is 14.5 Å². The molecule has 1 aliphatic rings. The van der Waals surface area contributed by atoms with Crippen molar-refractivity contribution in [1.82, 2.24) is 4.90 Å². The fraction of sp³-hybridized carbons (Fsp3) is 0.333. The summed E-state index contributed by atoms with van der Waals surface area (Å²) in [6.45, 7) is 7.43. The van der Waals surface area contributed by atoms with Crippen LogP contribution in [0.1, 0.15) is 32.8 Å². The van der Waals surface area contributed by atoms with Crippen LogP contribution in [0.2, 0.25) is 0 Å². The van der Waals surface area contributed by atoms with E-state index in [4.69, 9.17) is 9.47 Å². The number of carbonyl (C=O) groups excluding carboxylic acids is 2. The molecule has 0 aromatic heterocycles. The number of hydrogen-bond donors (Lipinski definition) is 1. The molecule has 0 unspecified atom stereocenters. The minimum Gasteiger partial charge on any atom is -0.494 e. The molecule has 0 spiro atoms. The largest absolute Gasteiger partial charge is 0.494 e. The van der Waals surface area contributed by atoms with Gasteiger partial charge < -0.3 is 14.8 Å².